The highest BCUT2D eigenvalue weighted by atomic mass is 16.7. The Balaban J connectivity index is 2.11. The van der Waals surface area contributed by atoms with Gasteiger partial charge in [0.2, 0.25) is 0 Å². The van der Waals surface area contributed by atoms with Gasteiger partial charge in [-0.2, -0.15) is 0 Å². The second-order valence-corrected chi connectivity index (χ2v) is 4.71. The molecule has 21 heavy (non-hydrogen) atoms. The third-order valence-corrected chi connectivity index (χ3v) is 3.33. The maximum atomic E-state index is 11.4. The highest BCUT2D eigenvalue weighted by Gasteiger charge is 2.09. The zero-order valence-corrected chi connectivity index (χ0v) is 11.9. The fraction of sp³-hybridized carbons (Fsp3) is 0.176. The Bertz CT molecular complexity index is 827. The van der Waals surface area contributed by atoms with Crippen molar-refractivity contribution in [1.82, 2.24) is 4.98 Å². The number of ether oxygens (including phenoxy) is 2. The molecule has 4 heteroatoms. The lowest BCUT2D eigenvalue weighted by molar-refractivity contribution is 0.104. The standard InChI is InChI=1S/C17H15NO3/c1-3-20-17(19)21-12-8-9-13-14-6-4-5-7-16(14)18-11(2)15(13)10-12/h4-10H,3H2,1-2H3. The molecule has 3 rings (SSSR count). The molecule has 2 aromatic carbocycles. The van der Waals surface area contributed by atoms with Gasteiger partial charge >= 0.3 is 6.16 Å². The largest absolute Gasteiger partial charge is 0.513 e. The molecule has 0 radical (unpaired) electrons. The zero-order chi connectivity index (χ0) is 14.8. The van der Waals surface area contributed by atoms with Crippen LogP contribution in [0.5, 0.6) is 5.75 Å². The summed E-state index contributed by atoms with van der Waals surface area (Å²) in [7, 11) is 0. The van der Waals surface area contributed by atoms with Gasteiger partial charge in [0.15, 0.2) is 0 Å². The van der Waals surface area contributed by atoms with Gasteiger partial charge in [-0.3, -0.25) is 4.98 Å². The number of hydrogen-bond acceptors (Lipinski definition) is 4. The van der Waals surface area contributed by atoms with E-state index in [9.17, 15) is 4.79 Å². The Kier molecular flexibility index (Phi) is 3.44. The molecule has 0 aliphatic heterocycles. The van der Waals surface area contributed by atoms with Gasteiger partial charge in [-0.05, 0) is 43.5 Å². The molecule has 0 unspecified atom stereocenters. The van der Waals surface area contributed by atoms with Gasteiger partial charge in [-0.25, -0.2) is 4.79 Å². The number of para-hydroxylation sites is 1. The quantitative estimate of drug-likeness (QED) is 0.400. The van der Waals surface area contributed by atoms with Crippen LogP contribution in [-0.2, 0) is 4.74 Å². The molecule has 0 amide bonds. The number of hydrogen-bond donors (Lipinski definition) is 0. The monoisotopic (exact) mass is 281 g/mol. The van der Waals surface area contributed by atoms with Gasteiger partial charge in [0.1, 0.15) is 5.75 Å². The van der Waals surface area contributed by atoms with E-state index < -0.39 is 6.16 Å². The van der Waals surface area contributed by atoms with Crippen molar-refractivity contribution in [3.05, 3.63) is 48.2 Å². The van der Waals surface area contributed by atoms with Crippen molar-refractivity contribution in [2.45, 2.75) is 13.8 Å². The molecule has 0 aliphatic rings. The number of pyridine rings is 1. The average Bonchev–Trinajstić information content (AvgIpc) is 2.48. The number of nitrogens with zero attached hydrogens (tertiary/aromatic N) is 1. The molecule has 0 saturated heterocycles. The van der Waals surface area contributed by atoms with Crippen LogP contribution < -0.4 is 4.74 Å². The summed E-state index contributed by atoms with van der Waals surface area (Å²) >= 11 is 0. The molecule has 0 bridgehead atoms. The lowest BCUT2D eigenvalue weighted by Crippen LogP contribution is -2.09. The summed E-state index contributed by atoms with van der Waals surface area (Å²) in [5.41, 5.74) is 1.86. The van der Waals surface area contributed by atoms with E-state index in [1.807, 2.05) is 43.3 Å². The lowest BCUT2D eigenvalue weighted by Gasteiger charge is -2.09. The van der Waals surface area contributed by atoms with Crippen LogP contribution in [0.4, 0.5) is 4.79 Å². The van der Waals surface area contributed by atoms with E-state index in [1.54, 1.807) is 13.0 Å². The van der Waals surface area contributed by atoms with Crippen LogP contribution in [0.3, 0.4) is 0 Å². The number of aryl methyl sites for hydroxylation is 1. The molecule has 0 atom stereocenters. The molecule has 0 spiro atoms. The number of benzene rings is 2. The molecular weight excluding hydrogens is 266 g/mol. The summed E-state index contributed by atoms with van der Waals surface area (Å²) in [4.78, 5) is 16.0. The topological polar surface area (TPSA) is 48.4 Å². The molecule has 0 fully saturated rings. The van der Waals surface area contributed by atoms with Crippen LogP contribution in [0, 0.1) is 6.92 Å². The van der Waals surface area contributed by atoms with E-state index in [1.165, 1.54) is 0 Å². The highest BCUT2D eigenvalue weighted by Crippen LogP contribution is 2.29. The van der Waals surface area contributed by atoms with Gasteiger partial charge < -0.3 is 9.47 Å². The van der Waals surface area contributed by atoms with E-state index in [0.717, 1.165) is 27.4 Å². The predicted molar refractivity (Wildman–Crippen MR) is 81.6 cm³/mol. The van der Waals surface area contributed by atoms with E-state index in [-0.39, 0.29) is 6.61 Å². The smallest absolute Gasteiger partial charge is 0.434 e. The molecule has 3 aromatic rings. The molecule has 1 heterocycles. The van der Waals surface area contributed by atoms with Crippen molar-refractivity contribution in [3.63, 3.8) is 0 Å². The minimum Gasteiger partial charge on any atom is -0.434 e. The first-order valence-electron chi connectivity index (χ1n) is 6.82. The van der Waals surface area contributed by atoms with Crippen LogP contribution in [-0.4, -0.2) is 17.7 Å². The Labute approximate surface area is 122 Å². The Morgan fingerprint density at radius 3 is 2.71 bits per heavy atom. The minimum absolute atomic E-state index is 0.289. The van der Waals surface area contributed by atoms with E-state index >= 15 is 0 Å². The van der Waals surface area contributed by atoms with E-state index in [2.05, 4.69) is 4.98 Å². The molecule has 0 aliphatic carbocycles. The first kappa shape index (κ1) is 13.4. The number of carbonyl (C=O) groups excluding carboxylic acids is 1. The van der Waals surface area contributed by atoms with Gasteiger partial charge in [0, 0.05) is 16.5 Å². The predicted octanol–water partition coefficient (Wildman–Crippen LogP) is 4.23. The van der Waals surface area contributed by atoms with Crippen molar-refractivity contribution in [2.24, 2.45) is 0 Å². The number of carbonyl (C=O) groups is 1. The van der Waals surface area contributed by atoms with Gasteiger partial charge in [0.05, 0.1) is 12.1 Å². The Morgan fingerprint density at radius 2 is 1.90 bits per heavy atom. The van der Waals surface area contributed by atoms with Crippen molar-refractivity contribution >= 4 is 27.8 Å². The van der Waals surface area contributed by atoms with Crippen molar-refractivity contribution in [3.8, 4) is 5.75 Å². The summed E-state index contributed by atoms with van der Waals surface area (Å²) in [6.07, 6.45) is -0.691. The third-order valence-electron chi connectivity index (χ3n) is 3.33. The third kappa shape index (κ3) is 2.52. The van der Waals surface area contributed by atoms with Crippen LogP contribution in [0.25, 0.3) is 21.7 Å². The van der Waals surface area contributed by atoms with Crippen LogP contribution in [0.2, 0.25) is 0 Å². The highest BCUT2D eigenvalue weighted by molar-refractivity contribution is 6.07. The van der Waals surface area contributed by atoms with Crippen LogP contribution >= 0.6 is 0 Å². The molecule has 106 valence electrons. The van der Waals surface area contributed by atoms with Crippen LogP contribution in [0.15, 0.2) is 42.5 Å². The first-order valence-corrected chi connectivity index (χ1v) is 6.82. The first-order chi connectivity index (χ1) is 10.2. The number of fused-ring (bicyclic) bond motifs is 3. The van der Waals surface area contributed by atoms with Gasteiger partial charge in [0.25, 0.3) is 0 Å². The second-order valence-electron chi connectivity index (χ2n) is 4.71. The molecule has 1 aromatic heterocycles. The molecular formula is C17H15NO3. The summed E-state index contributed by atoms with van der Waals surface area (Å²) < 4.78 is 9.92. The second kappa shape index (κ2) is 5.40. The van der Waals surface area contributed by atoms with E-state index in [4.69, 9.17) is 9.47 Å². The number of rotatable bonds is 2. The summed E-state index contributed by atoms with van der Waals surface area (Å²) in [6.45, 7) is 3.97. The van der Waals surface area contributed by atoms with Gasteiger partial charge in [-0.1, -0.05) is 18.2 Å². The number of aromatic nitrogens is 1. The van der Waals surface area contributed by atoms with Crippen molar-refractivity contribution < 1.29 is 14.3 Å². The SMILES string of the molecule is CCOC(=O)Oc1ccc2c(c1)c(C)nc1ccccc12. The summed E-state index contributed by atoms with van der Waals surface area (Å²) in [6, 6.07) is 13.5. The zero-order valence-electron chi connectivity index (χ0n) is 11.9. The minimum atomic E-state index is -0.691. The summed E-state index contributed by atoms with van der Waals surface area (Å²) in [5, 5.41) is 3.14. The van der Waals surface area contributed by atoms with Crippen molar-refractivity contribution in [1.29, 1.82) is 0 Å². The maximum Gasteiger partial charge on any atom is 0.513 e. The average molecular weight is 281 g/mol. The Hall–Kier alpha value is -2.62. The maximum absolute atomic E-state index is 11.4. The van der Waals surface area contributed by atoms with E-state index in [0.29, 0.717) is 5.75 Å². The van der Waals surface area contributed by atoms with Crippen LogP contribution in [0.1, 0.15) is 12.6 Å². The molecule has 4 nitrogen and oxygen atoms in total. The van der Waals surface area contributed by atoms with Gasteiger partial charge in [-0.15, -0.1) is 0 Å². The Morgan fingerprint density at radius 1 is 1.10 bits per heavy atom. The lowest BCUT2D eigenvalue weighted by atomic mass is 10.0. The van der Waals surface area contributed by atoms with Crippen molar-refractivity contribution in [2.75, 3.05) is 6.61 Å². The normalized spacial score (nSPS) is 10.8. The molecule has 0 N–H and O–H groups in total. The molecule has 0 saturated carbocycles. The fourth-order valence-corrected chi connectivity index (χ4v) is 2.40. The fourth-order valence-electron chi connectivity index (χ4n) is 2.40. The summed E-state index contributed by atoms with van der Waals surface area (Å²) in [5.74, 6) is 0.459.